The molecule has 2 fully saturated rings. The van der Waals surface area contributed by atoms with Crippen LogP contribution in [0.25, 0.3) is 11.4 Å². The molecule has 0 bridgehead atoms. The van der Waals surface area contributed by atoms with Crippen molar-refractivity contribution >= 4 is 5.97 Å². The zero-order valence-electron chi connectivity index (χ0n) is 16.7. The first kappa shape index (κ1) is 20.8. The topological polar surface area (TPSA) is 68.5 Å². The first-order valence-electron chi connectivity index (χ1n) is 10.2. The van der Waals surface area contributed by atoms with Gasteiger partial charge in [0, 0.05) is 18.2 Å². The third kappa shape index (κ3) is 3.82. The van der Waals surface area contributed by atoms with Gasteiger partial charge >= 0.3 is 12.1 Å². The number of likely N-dealkylation sites (tertiary alicyclic amines) is 1. The number of fused-ring (bicyclic) bond motifs is 1. The molecule has 0 spiro atoms. The fourth-order valence-corrected chi connectivity index (χ4v) is 4.79. The predicted octanol–water partition coefficient (Wildman–Crippen LogP) is 4.45. The van der Waals surface area contributed by atoms with Crippen LogP contribution in [0.5, 0.6) is 0 Å². The van der Waals surface area contributed by atoms with E-state index in [0.717, 1.165) is 44.2 Å². The number of halogens is 3. The van der Waals surface area contributed by atoms with Crippen molar-refractivity contribution in [1.29, 1.82) is 0 Å². The highest BCUT2D eigenvalue weighted by Crippen LogP contribution is 2.48. The van der Waals surface area contributed by atoms with Gasteiger partial charge in [-0.1, -0.05) is 30.1 Å². The number of benzene rings is 1. The van der Waals surface area contributed by atoms with Crippen LogP contribution in [-0.4, -0.2) is 40.2 Å². The smallest absolute Gasteiger partial charge is 0.416 e. The lowest BCUT2D eigenvalue weighted by Gasteiger charge is -2.39. The van der Waals surface area contributed by atoms with Crippen LogP contribution >= 0.6 is 0 Å². The van der Waals surface area contributed by atoms with Gasteiger partial charge < -0.3 is 9.26 Å². The first-order valence-corrected chi connectivity index (χ1v) is 10.2. The maximum atomic E-state index is 13.0. The molecule has 2 aromatic rings. The van der Waals surface area contributed by atoms with Crippen molar-refractivity contribution in [2.45, 2.75) is 57.8 Å². The summed E-state index contributed by atoms with van der Waals surface area (Å²) < 4.78 is 49.6. The Kier molecular flexibility index (Phi) is 5.57. The first-order chi connectivity index (χ1) is 14.3. The van der Waals surface area contributed by atoms with Crippen molar-refractivity contribution in [1.82, 2.24) is 15.0 Å². The molecule has 0 amide bonds. The summed E-state index contributed by atoms with van der Waals surface area (Å²) in [5.41, 5.74) is -0.995. The van der Waals surface area contributed by atoms with Crippen molar-refractivity contribution < 1.29 is 27.2 Å². The number of hydrogen-bond acceptors (Lipinski definition) is 6. The van der Waals surface area contributed by atoms with E-state index in [1.807, 2.05) is 6.92 Å². The van der Waals surface area contributed by atoms with E-state index in [1.54, 1.807) is 0 Å². The normalized spacial score (nSPS) is 24.6. The van der Waals surface area contributed by atoms with Crippen LogP contribution < -0.4 is 0 Å². The molecular weight excluding hydrogens is 399 g/mol. The number of aromatic nitrogens is 2. The van der Waals surface area contributed by atoms with E-state index >= 15 is 0 Å². The zero-order valence-corrected chi connectivity index (χ0v) is 16.7. The Morgan fingerprint density at radius 3 is 2.93 bits per heavy atom. The fraction of sp³-hybridized carbons (Fsp3) is 0.571. The van der Waals surface area contributed by atoms with Crippen LogP contribution in [0.4, 0.5) is 13.2 Å². The van der Waals surface area contributed by atoms with E-state index in [9.17, 15) is 18.0 Å². The number of esters is 1. The SMILES string of the molecule is CCOC(=O)[C@@]12CCCC[C@@H]1N(Cc1nc(-c3cccc(C(F)(F)F)c3)no1)CC2. The molecule has 1 aromatic carbocycles. The Bertz CT molecular complexity index is 914. The van der Waals surface area contributed by atoms with E-state index in [2.05, 4.69) is 15.0 Å². The number of carbonyl (C=O) groups is 1. The highest BCUT2D eigenvalue weighted by atomic mass is 19.4. The second kappa shape index (κ2) is 8.02. The lowest BCUT2D eigenvalue weighted by atomic mass is 9.70. The zero-order chi connectivity index (χ0) is 21.4. The van der Waals surface area contributed by atoms with Crippen molar-refractivity contribution in [3.8, 4) is 11.4 Å². The van der Waals surface area contributed by atoms with E-state index in [-0.39, 0.29) is 23.4 Å². The van der Waals surface area contributed by atoms with Gasteiger partial charge in [0.15, 0.2) is 0 Å². The number of hydrogen-bond donors (Lipinski definition) is 0. The van der Waals surface area contributed by atoms with Crippen LogP contribution in [0, 0.1) is 5.41 Å². The Balaban J connectivity index is 1.51. The summed E-state index contributed by atoms with van der Waals surface area (Å²) in [7, 11) is 0. The van der Waals surface area contributed by atoms with Gasteiger partial charge in [0.1, 0.15) is 0 Å². The van der Waals surface area contributed by atoms with Gasteiger partial charge in [-0.3, -0.25) is 9.69 Å². The lowest BCUT2D eigenvalue weighted by molar-refractivity contribution is -0.159. The maximum absolute atomic E-state index is 13.0. The van der Waals surface area contributed by atoms with Gasteiger partial charge in [0.05, 0.1) is 24.1 Å². The number of ether oxygens (including phenoxy) is 1. The van der Waals surface area contributed by atoms with Gasteiger partial charge in [-0.2, -0.15) is 18.2 Å². The van der Waals surface area contributed by atoms with E-state index < -0.39 is 17.2 Å². The third-order valence-electron chi connectivity index (χ3n) is 6.21. The average molecular weight is 423 g/mol. The lowest BCUT2D eigenvalue weighted by Crippen LogP contribution is -2.47. The molecule has 6 nitrogen and oxygen atoms in total. The molecule has 2 heterocycles. The Labute approximate surface area is 172 Å². The molecule has 1 aliphatic carbocycles. The van der Waals surface area contributed by atoms with Crippen LogP contribution in [0.2, 0.25) is 0 Å². The van der Waals surface area contributed by atoms with Gasteiger partial charge in [-0.15, -0.1) is 0 Å². The highest BCUT2D eigenvalue weighted by Gasteiger charge is 2.54. The summed E-state index contributed by atoms with van der Waals surface area (Å²) in [5.74, 6) is 0.315. The van der Waals surface area contributed by atoms with Crippen molar-refractivity contribution in [3.63, 3.8) is 0 Å². The van der Waals surface area contributed by atoms with Gasteiger partial charge in [-0.05, 0) is 38.3 Å². The molecule has 4 rings (SSSR count). The van der Waals surface area contributed by atoms with E-state index in [1.165, 1.54) is 12.1 Å². The van der Waals surface area contributed by atoms with Gasteiger partial charge in [0.2, 0.25) is 11.7 Å². The van der Waals surface area contributed by atoms with Crippen molar-refractivity contribution in [3.05, 3.63) is 35.7 Å². The fourth-order valence-electron chi connectivity index (χ4n) is 4.79. The molecule has 1 saturated carbocycles. The molecule has 0 N–H and O–H groups in total. The summed E-state index contributed by atoms with van der Waals surface area (Å²) in [6.45, 7) is 3.24. The van der Waals surface area contributed by atoms with Crippen molar-refractivity contribution in [2.75, 3.05) is 13.2 Å². The maximum Gasteiger partial charge on any atom is 0.416 e. The van der Waals surface area contributed by atoms with Crippen LogP contribution in [0.15, 0.2) is 28.8 Å². The van der Waals surface area contributed by atoms with Gasteiger partial charge in [0.25, 0.3) is 0 Å². The number of nitrogens with zero attached hydrogens (tertiary/aromatic N) is 3. The van der Waals surface area contributed by atoms with Crippen LogP contribution in [0.1, 0.15) is 50.5 Å². The molecule has 9 heteroatoms. The minimum Gasteiger partial charge on any atom is -0.466 e. The molecule has 0 radical (unpaired) electrons. The molecule has 162 valence electrons. The molecule has 1 aliphatic heterocycles. The number of rotatable bonds is 5. The van der Waals surface area contributed by atoms with E-state index in [0.29, 0.717) is 25.6 Å². The second-order valence-electron chi connectivity index (χ2n) is 7.95. The quantitative estimate of drug-likeness (QED) is 0.662. The summed E-state index contributed by atoms with van der Waals surface area (Å²) in [6, 6.07) is 4.91. The van der Waals surface area contributed by atoms with Crippen LogP contribution in [-0.2, 0) is 22.3 Å². The standard InChI is InChI=1S/C21H24F3N3O3/c1-2-29-19(28)20-9-4-3-8-16(20)27(11-10-20)13-17-25-18(26-30-17)14-6-5-7-15(12-14)21(22,23)24/h5-7,12,16H,2-4,8-11,13H2,1H3/t16-,20+/m0/s1. The Hall–Kier alpha value is -2.42. The summed E-state index contributed by atoms with van der Waals surface area (Å²) >= 11 is 0. The number of alkyl halides is 3. The molecule has 1 aromatic heterocycles. The summed E-state index contributed by atoms with van der Waals surface area (Å²) in [4.78, 5) is 19.2. The monoisotopic (exact) mass is 423 g/mol. The molecule has 1 saturated heterocycles. The second-order valence-corrected chi connectivity index (χ2v) is 7.95. The van der Waals surface area contributed by atoms with Gasteiger partial charge in [-0.25, -0.2) is 0 Å². The number of carbonyl (C=O) groups excluding carboxylic acids is 1. The molecule has 2 aliphatic rings. The third-order valence-corrected chi connectivity index (χ3v) is 6.21. The largest absolute Gasteiger partial charge is 0.466 e. The molecule has 2 atom stereocenters. The summed E-state index contributed by atoms with van der Waals surface area (Å²) in [6.07, 6.45) is 0.0471. The predicted molar refractivity (Wildman–Crippen MR) is 101 cm³/mol. The van der Waals surface area contributed by atoms with Crippen molar-refractivity contribution in [2.24, 2.45) is 5.41 Å². The minimum atomic E-state index is -4.43. The summed E-state index contributed by atoms with van der Waals surface area (Å²) in [5, 5.41) is 3.87. The molecular formula is C21H24F3N3O3. The Morgan fingerprint density at radius 2 is 2.17 bits per heavy atom. The average Bonchev–Trinajstić information content (AvgIpc) is 3.34. The Morgan fingerprint density at radius 1 is 1.33 bits per heavy atom. The molecule has 0 unspecified atom stereocenters. The highest BCUT2D eigenvalue weighted by molar-refractivity contribution is 5.78. The van der Waals surface area contributed by atoms with Crippen LogP contribution in [0.3, 0.4) is 0 Å². The minimum absolute atomic E-state index is 0.0502. The molecule has 30 heavy (non-hydrogen) atoms. The van der Waals surface area contributed by atoms with E-state index in [4.69, 9.17) is 9.26 Å².